The van der Waals surface area contributed by atoms with E-state index in [4.69, 9.17) is 4.74 Å². The first-order valence-corrected chi connectivity index (χ1v) is 9.62. The summed E-state index contributed by atoms with van der Waals surface area (Å²) < 4.78 is 5.57. The van der Waals surface area contributed by atoms with Gasteiger partial charge in [-0.2, -0.15) is 0 Å². The summed E-state index contributed by atoms with van der Waals surface area (Å²) >= 11 is 0. The van der Waals surface area contributed by atoms with Crippen molar-refractivity contribution in [2.24, 2.45) is 5.92 Å². The molecule has 0 radical (unpaired) electrons. The van der Waals surface area contributed by atoms with Gasteiger partial charge in [-0.05, 0) is 50.7 Å². The van der Waals surface area contributed by atoms with Crippen LogP contribution in [0, 0.1) is 5.92 Å². The molecule has 1 aromatic rings. The fourth-order valence-corrected chi connectivity index (χ4v) is 4.06. The van der Waals surface area contributed by atoms with E-state index in [1.54, 1.807) is 0 Å². The minimum absolute atomic E-state index is 0.119. The second-order valence-corrected chi connectivity index (χ2v) is 7.47. The summed E-state index contributed by atoms with van der Waals surface area (Å²) in [6.07, 6.45) is 7.40. The van der Waals surface area contributed by atoms with Crippen molar-refractivity contribution in [3.63, 3.8) is 0 Å². The molecule has 3 rings (SSSR count). The van der Waals surface area contributed by atoms with E-state index in [9.17, 15) is 4.79 Å². The fourth-order valence-electron chi connectivity index (χ4n) is 4.06. The lowest BCUT2D eigenvalue weighted by molar-refractivity contribution is 0.00354. The standard InChI is InChI=1S/C20H31N3O2/c1-15-13-16(11-12-25-15)14-21-20(24)22-18-9-5-6-10-19(18)23(2)17-7-3-4-8-17/h5-6,9-10,15-17H,3-4,7-8,11-14H2,1-2H3,(H2,21,22,24)/t15-,16+/m0/s1. The van der Waals surface area contributed by atoms with Crippen LogP contribution in [0.3, 0.4) is 0 Å². The van der Waals surface area contributed by atoms with Crippen LogP contribution in [0.2, 0.25) is 0 Å². The number of rotatable bonds is 5. The van der Waals surface area contributed by atoms with Crippen LogP contribution in [-0.2, 0) is 4.74 Å². The van der Waals surface area contributed by atoms with Gasteiger partial charge in [0.15, 0.2) is 0 Å². The summed E-state index contributed by atoms with van der Waals surface area (Å²) in [5, 5.41) is 6.08. The molecule has 1 aliphatic carbocycles. The largest absolute Gasteiger partial charge is 0.378 e. The molecule has 2 fully saturated rings. The van der Waals surface area contributed by atoms with Gasteiger partial charge >= 0.3 is 6.03 Å². The van der Waals surface area contributed by atoms with Crippen LogP contribution in [0.15, 0.2) is 24.3 Å². The molecule has 1 aliphatic heterocycles. The first kappa shape index (κ1) is 18.1. The number of para-hydroxylation sites is 2. The van der Waals surface area contributed by atoms with Gasteiger partial charge in [0.25, 0.3) is 0 Å². The average Bonchev–Trinajstić information content (AvgIpc) is 3.15. The van der Waals surface area contributed by atoms with E-state index in [1.807, 2.05) is 18.2 Å². The Morgan fingerprint density at radius 3 is 2.76 bits per heavy atom. The van der Waals surface area contributed by atoms with Crippen LogP contribution in [0.5, 0.6) is 0 Å². The molecule has 0 unspecified atom stereocenters. The van der Waals surface area contributed by atoms with Crippen molar-refractivity contribution in [2.75, 3.05) is 30.4 Å². The molecule has 0 bridgehead atoms. The zero-order chi connectivity index (χ0) is 17.6. The number of urea groups is 1. The summed E-state index contributed by atoms with van der Waals surface area (Å²) in [6.45, 7) is 3.60. The monoisotopic (exact) mass is 345 g/mol. The van der Waals surface area contributed by atoms with Crippen molar-refractivity contribution in [2.45, 2.75) is 57.6 Å². The summed E-state index contributed by atoms with van der Waals surface area (Å²) in [7, 11) is 2.14. The molecular weight excluding hydrogens is 314 g/mol. The Labute approximate surface area is 151 Å². The molecule has 5 heteroatoms. The Kier molecular flexibility index (Phi) is 6.19. The number of carbonyl (C=O) groups is 1. The Morgan fingerprint density at radius 1 is 1.24 bits per heavy atom. The number of nitrogens with zero attached hydrogens (tertiary/aromatic N) is 1. The molecule has 1 aromatic carbocycles. The number of benzene rings is 1. The van der Waals surface area contributed by atoms with Crippen molar-refractivity contribution >= 4 is 17.4 Å². The highest BCUT2D eigenvalue weighted by Gasteiger charge is 2.22. The summed E-state index contributed by atoms with van der Waals surface area (Å²) in [4.78, 5) is 14.7. The van der Waals surface area contributed by atoms with Gasteiger partial charge in [0.2, 0.25) is 0 Å². The van der Waals surface area contributed by atoms with Gasteiger partial charge in [-0.25, -0.2) is 4.79 Å². The molecule has 1 saturated heterocycles. The molecule has 5 nitrogen and oxygen atoms in total. The van der Waals surface area contributed by atoms with Crippen LogP contribution in [0.25, 0.3) is 0 Å². The van der Waals surface area contributed by atoms with Crippen molar-refractivity contribution in [1.29, 1.82) is 0 Å². The maximum absolute atomic E-state index is 12.4. The predicted molar refractivity (Wildman–Crippen MR) is 102 cm³/mol. The Morgan fingerprint density at radius 2 is 2.00 bits per heavy atom. The summed E-state index contributed by atoms with van der Waals surface area (Å²) in [6, 6.07) is 8.54. The van der Waals surface area contributed by atoms with Gasteiger partial charge in [-0.1, -0.05) is 25.0 Å². The fraction of sp³-hybridized carbons (Fsp3) is 0.650. The molecule has 2 N–H and O–H groups in total. The minimum atomic E-state index is -0.119. The van der Waals surface area contributed by atoms with E-state index in [0.717, 1.165) is 30.8 Å². The Hall–Kier alpha value is -1.75. The van der Waals surface area contributed by atoms with Crippen molar-refractivity contribution in [3.05, 3.63) is 24.3 Å². The lowest BCUT2D eigenvalue weighted by Crippen LogP contribution is -2.37. The Bertz CT molecular complexity index is 572. The number of nitrogens with one attached hydrogen (secondary N) is 2. The topological polar surface area (TPSA) is 53.6 Å². The van der Waals surface area contributed by atoms with Gasteiger partial charge in [0.1, 0.15) is 0 Å². The van der Waals surface area contributed by atoms with Crippen LogP contribution < -0.4 is 15.5 Å². The number of anilines is 2. The van der Waals surface area contributed by atoms with E-state index in [2.05, 4.69) is 35.6 Å². The lowest BCUT2D eigenvalue weighted by Gasteiger charge is -2.29. The molecule has 1 heterocycles. The van der Waals surface area contributed by atoms with Crippen molar-refractivity contribution in [3.8, 4) is 0 Å². The maximum atomic E-state index is 12.4. The molecule has 2 atom stereocenters. The van der Waals surface area contributed by atoms with Gasteiger partial charge in [-0.15, -0.1) is 0 Å². The third-order valence-electron chi connectivity index (χ3n) is 5.55. The number of carbonyl (C=O) groups excluding carboxylic acids is 1. The SMILES string of the molecule is C[C@H]1C[C@H](CNC(=O)Nc2ccccc2N(C)C2CCCC2)CCO1. The molecule has 1 saturated carbocycles. The van der Waals surface area contributed by atoms with Crippen molar-refractivity contribution in [1.82, 2.24) is 5.32 Å². The second-order valence-electron chi connectivity index (χ2n) is 7.47. The lowest BCUT2D eigenvalue weighted by atomic mass is 9.96. The van der Waals surface area contributed by atoms with E-state index < -0.39 is 0 Å². The highest BCUT2D eigenvalue weighted by atomic mass is 16.5. The first-order chi connectivity index (χ1) is 12.1. The zero-order valence-corrected chi connectivity index (χ0v) is 15.5. The van der Waals surface area contributed by atoms with E-state index >= 15 is 0 Å². The van der Waals surface area contributed by atoms with Crippen molar-refractivity contribution < 1.29 is 9.53 Å². The molecule has 25 heavy (non-hydrogen) atoms. The number of ether oxygens (including phenoxy) is 1. The van der Waals surface area contributed by atoms with Gasteiger partial charge in [0.05, 0.1) is 17.5 Å². The van der Waals surface area contributed by atoms with Gasteiger partial charge in [-0.3, -0.25) is 0 Å². The minimum Gasteiger partial charge on any atom is -0.378 e. The molecule has 138 valence electrons. The second kappa shape index (κ2) is 8.56. The van der Waals surface area contributed by atoms with Gasteiger partial charge in [0, 0.05) is 26.2 Å². The van der Waals surface area contributed by atoms with E-state index in [-0.39, 0.29) is 6.03 Å². The highest BCUT2D eigenvalue weighted by molar-refractivity contribution is 5.93. The zero-order valence-electron chi connectivity index (χ0n) is 15.5. The van der Waals surface area contributed by atoms with Crippen LogP contribution >= 0.6 is 0 Å². The quantitative estimate of drug-likeness (QED) is 0.848. The smallest absolute Gasteiger partial charge is 0.319 e. The van der Waals surface area contributed by atoms with Gasteiger partial charge < -0.3 is 20.3 Å². The number of hydrogen-bond donors (Lipinski definition) is 2. The molecule has 0 spiro atoms. The van der Waals surface area contributed by atoms with Crippen LogP contribution in [0.4, 0.5) is 16.2 Å². The molecular formula is C20H31N3O2. The summed E-state index contributed by atoms with van der Waals surface area (Å²) in [5.74, 6) is 0.505. The molecule has 0 aromatic heterocycles. The van der Waals surface area contributed by atoms with Crippen LogP contribution in [0.1, 0.15) is 45.4 Å². The van der Waals surface area contributed by atoms with E-state index in [1.165, 1.54) is 25.7 Å². The molecule has 2 amide bonds. The predicted octanol–water partition coefficient (Wildman–Crippen LogP) is 4.00. The van der Waals surface area contributed by atoms with Crippen LogP contribution in [-0.4, -0.2) is 38.4 Å². The molecule has 2 aliphatic rings. The summed E-state index contributed by atoms with van der Waals surface area (Å²) in [5.41, 5.74) is 1.99. The highest BCUT2D eigenvalue weighted by Crippen LogP contribution is 2.31. The Balaban J connectivity index is 1.55. The number of hydrogen-bond acceptors (Lipinski definition) is 3. The third kappa shape index (κ3) is 4.88. The third-order valence-corrected chi connectivity index (χ3v) is 5.55. The van der Waals surface area contributed by atoms with E-state index in [0.29, 0.717) is 24.6 Å². The normalized spacial score (nSPS) is 24.1. The average molecular weight is 345 g/mol. The first-order valence-electron chi connectivity index (χ1n) is 9.62. The number of amides is 2. The maximum Gasteiger partial charge on any atom is 0.319 e.